The van der Waals surface area contributed by atoms with E-state index in [0.717, 1.165) is 0 Å². The average molecular weight is 359 g/mol. The third-order valence-corrected chi connectivity index (χ3v) is 5.88. The maximum Gasteiger partial charge on any atom is 0.277 e. The summed E-state index contributed by atoms with van der Waals surface area (Å²) in [6.07, 6.45) is 1.61. The molecule has 0 bridgehead atoms. The smallest absolute Gasteiger partial charge is 0.277 e. The van der Waals surface area contributed by atoms with Crippen LogP contribution in [0.2, 0.25) is 0 Å². The molecule has 4 rings (SSSR count). The molecule has 1 aliphatic rings. The molecule has 9 nitrogen and oxygen atoms in total. The van der Waals surface area contributed by atoms with Gasteiger partial charge in [0.25, 0.3) is 15.7 Å². The second kappa shape index (κ2) is 5.60. The summed E-state index contributed by atoms with van der Waals surface area (Å²) < 4.78 is 28.7. The van der Waals surface area contributed by atoms with Crippen LogP contribution in [0.1, 0.15) is 5.69 Å². The first-order valence-electron chi connectivity index (χ1n) is 7.51. The lowest BCUT2D eigenvalue weighted by Crippen LogP contribution is -2.39. The van der Waals surface area contributed by atoms with E-state index in [9.17, 15) is 18.5 Å². The molecule has 1 aromatic carbocycles. The molecule has 128 valence electrons. The minimum absolute atomic E-state index is 0.0924. The quantitative estimate of drug-likeness (QED) is 0.518. The lowest BCUT2D eigenvalue weighted by atomic mass is 10.3. The van der Waals surface area contributed by atoms with E-state index in [1.165, 1.54) is 22.5 Å². The van der Waals surface area contributed by atoms with Gasteiger partial charge in [-0.3, -0.25) is 15.1 Å². The van der Waals surface area contributed by atoms with E-state index in [2.05, 4.69) is 9.97 Å². The Hall–Kier alpha value is -2.85. The summed E-state index contributed by atoms with van der Waals surface area (Å²) in [7, 11) is -3.80. The molecule has 1 aliphatic heterocycles. The van der Waals surface area contributed by atoms with E-state index in [4.69, 9.17) is 0 Å². The van der Waals surface area contributed by atoms with Crippen LogP contribution in [0.15, 0.2) is 47.8 Å². The number of nitrogens with zero attached hydrogens (tertiary/aromatic N) is 5. The molecule has 10 heteroatoms. The normalized spacial score (nSPS) is 16.6. The first kappa shape index (κ1) is 15.7. The lowest BCUT2D eigenvalue weighted by molar-refractivity contribution is -0.384. The molecule has 0 spiro atoms. The van der Waals surface area contributed by atoms with Gasteiger partial charge in [0.1, 0.15) is 0 Å². The SMILES string of the molecule is O=[N+]([O-])c1ccc2c(c1)nc1n2CCN(Cc2ccccn2)S1(=O)=O. The predicted octanol–water partition coefficient (Wildman–Crippen LogP) is 1.54. The van der Waals surface area contributed by atoms with Crippen LogP contribution in [-0.4, -0.2) is 38.7 Å². The fourth-order valence-corrected chi connectivity index (χ4v) is 4.44. The van der Waals surface area contributed by atoms with Crippen LogP contribution in [0.5, 0.6) is 0 Å². The Morgan fingerprint density at radius 3 is 2.76 bits per heavy atom. The number of pyridine rings is 1. The van der Waals surface area contributed by atoms with E-state index in [1.54, 1.807) is 29.0 Å². The fraction of sp³-hybridized carbons (Fsp3) is 0.200. The summed E-state index contributed by atoms with van der Waals surface area (Å²) in [5, 5.41) is 10.8. The van der Waals surface area contributed by atoms with Crippen LogP contribution in [-0.2, 0) is 23.1 Å². The highest BCUT2D eigenvalue weighted by Gasteiger charge is 2.35. The third-order valence-electron chi connectivity index (χ3n) is 4.12. The Morgan fingerprint density at radius 2 is 2.04 bits per heavy atom. The zero-order valence-electron chi connectivity index (χ0n) is 12.9. The largest absolute Gasteiger partial charge is 0.312 e. The van der Waals surface area contributed by atoms with Crippen LogP contribution >= 0.6 is 0 Å². The zero-order chi connectivity index (χ0) is 17.6. The van der Waals surface area contributed by atoms with Gasteiger partial charge in [0.15, 0.2) is 0 Å². The summed E-state index contributed by atoms with van der Waals surface area (Å²) in [5.74, 6) is 0. The van der Waals surface area contributed by atoms with Crippen molar-refractivity contribution in [3.05, 3.63) is 58.4 Å². The van der Waals surface area contributed by atoms with E-state index in [1.807, 2.05) is 0 Å². The average Bonchev–Trinajstić information content (AvgIpc) is 2.98. The molecule has 0 radical (unpaired) electrons. The molecular formula is C15H13N5O4S. The number of sulfonamides is 1. The summed E-state index contributed by atoms with van der Waals surface area (Å²) >= 11 is 0. The van der Waals surface area contributed by atoms with Gasteiger partial charge < -0.3 is 4.57 Å². The molecule has 0 unspecified atom stereocenters. The minimum Gasteiger partial charge on any atom is -0.312 e. The number of non-ortho nitro benzene ring substituents is 1. The van der Waals surface area contributed by atoms with Crippen LogP contribution in [0, 0.1) is 10.1 Å². The molecule has 0 fully saturated rings. The zero-order valence-corrected chi connectivity index (χ0v) is 13.8. The molecule has 0 saturated carbocycles. The van der Waals surface area contributed by atoms with Gasteiger partial charge in [0, 0.05) is 31.4 Å². The Balaban J connectivity index is 1.77. The van der Waals surface area contributed by atoms with Crippen molar-refractivity contribution in [2.24, 2.45) is 0 Å². The van der Waals surface area contributed by atoms with Crippen LogP contribution in [0.4, 0.5) is 5.69 Å². The monoisotopic (exact) mass is 359 g/mol. The summed E-state index contributed by atoms with van der Waals surface area (Å²) in [6.45, 7) is 0.872. The highest BCUT2D eigenvalue weighted by Crippen LogP contribution is 2.29. The number of fused-ring (bicyclic) bond motifs is 3. The van der Waals surface area contributed by atoms with Crippen molar-refractivity contribution in [2.45, 2.75) is 18.2 Å². The number of hydrogen-bond acceptors (Lipinski definition) is 6. The van der Waals surface area contributed by atoms with Crippen molar-refractivity contribution in [3.8, 4) is 0 Å². The standard InChI is InChI=1S/C15H13N5O4S/c21-20(22)12-4-5-14-13(9-12)17-15-19(14)8-7-18(25(15,23)24)10-11-3-1-2-6-16-11/h1-6,9H,7-8,10H2. The molecule has 0 N–H and O–H groups in total. The Labute approximate surface area is 142 Å². The van der Waals surface area contributed by atoms with Crippen molar-refractivity contribution in [1.29, 1.82) is 0 Å². The van der Waals surface area contributed by atoms with Gasteiger partial charge in [-0.25, -0.2) is 13.4 Å². The Kier molecular flexibility index (Phi) is 3.51. The number of benzene rings is 1. The highest BCUT2D eigenvalue weighted by atomic mass is 32.2. The van der Waals surface area contributed by atoms with Gasteiger partial charge in [-0.15, -0.1) is 0 Å². The van der Waals surface area contributed by atoms with E-state index in [-0.39, 0.29) is 23.9 Å². The second-order valence-electron chi connectivity index (χ2n) is 5.64. The predicted molar refractivity (Wildman–Crippen MR) is 88.2 cm³/mol. The third kappa shape index (κ3) is 2.55. The molecule has 3 aromatic rings. The van der Waals surface area contributed by atoms with Crippen molar-refractivity contribution < 1.29 is 13.3 Å². The molecule has 0 saturated heterocycles. The van der Waals surface area contributed by atoms with Crippen molar-refractivity contribution in [2.75, 3.05) is 6.54 Å². The Morgan fingerprint density at radius 1 is 1.20 bits per heavy atom. The molecule has 0 atom stereocenters. The second-order valence-corrected chi connectivity index (χ2v) is 7.47. The topological polar surface area (TPSA) is 111 Å². The van der Waals surface area contributed by atoms with E-state index >= 15 is 0 Å². The summed E-state index contributed by atoms with van der Waals surface area (Å²) in [6, 6.07) is 9.50. The lowest BCUT2D eigenvalue weighted by Gasteiger charge is -2.26. The molecule has 2 aromatic heterocycles. The number of nitro groups is 1. The molecular weight excluding hydrogens is 346 g/mol. The van der Waals surface area contributed by atoms with Crippen LogP contribution < -0.4 is 0 Å². The maximum absolute atomic E-state index is 12.9. The van der Waals surface area contributed by atoms with Gasteiger partial charge in [-0.2, -0.15) is 4.31 Å². The van der Waals surface area contributed by atoms with Crippen molar-refractivity contribution >= 4 is 26.7 Å². The molecule has 3 heterocycles. The first-order valence-corrected chi connectivity index (χ1v) is 8.95. The van der Waals surface area contributed by atoms with Crippen LogP contribution in [0.3, 0.4) is 0 Å². The molecule has 0 aliphatic carbocycles. The molecule has 0 amide bonds. The van der Waals surface area contributed by atoms with Crippen molar-refractivity contribution in [3.63, 3.8) is 0 Å². The number of nitro benzene ring substituents is 1. The van der Waals surface area contributed by atoms with E-state index < -0.39 is 14.9 Å². The number of imidazole rings is 1. The minimum atomic E-state index is -3.80. The van der Waals surface area contributed by atoms with Gasteiger partial charge in [0.2, 0.25) is 5.16 Å². The Bertz CT molecular complexity index is 1080. The number of rotatable bonds is 3. The summed E-state index contributed by atoms with van der Waals surface area (Å²) in [5.41, 5.74) is 1.39. The van der Waals surface area contributed by atoms with Gasteiger partial charge in [-0.05, 0) is 18.2 Å². The molecule has 25 heavy (non-hydrogen) atoms. The summed E-state index contributed by atoms with van der Waals surface area (Å²) in [4.78, 5) is 18.7. The fourth-order valence-electron chi connectivity index (χ4n) is 2.91. The van der Waals surface area contributed by atoms with Gasteiger partial charge in [0.05, 0.1) is 28.2 Å². The number of hydrogen-bond donors (Lipinski definition) is 0. The number of aromatic nitrogens is 3. The highest BCUT2D eigenvalue weighted by molar-refractivity contribution is 7.89. The van der Waals surface area contributed by atoms with Gasteiger partial charge in [-0.1, -0.05) is 6.07 Å². The van der Waals surface area contributed by atoms with E-state index in [0.29, 0.717) is 23.3 Å². The van der Waals surface area contributed by atoms with Gasteiger partial charge >= 0.3 is 0 Å². The first-order chi connectivity index (χ1) is 12.0. The van der Waals surface area contributed by atoms with Crippen molar-refractivity contribution in [1.82, 2.24) is 18.8 Å². The van der Waals surface area contributed by atoms with Crippen LogP contribution in [0.25, 0.3) is 11.0 Å². The maximum atomic E-state index is 12.9.